The number of rotatable bonds is 4. The average Bonchev–Trinajstić information content (AvgIpc) is 2.40. The van der Waals surface area contributed by atoms with Gasteiger partial charge in [-0.25, -0.2) is 0 Å². The summed E-state index contributed by atoms with van der Waals surface area (Å²) < 4.78 is 5.24. The van der Waals surface area contributed by atoms with E-state index in [2.05, 4.69) is 10.6 Å². The third-order valence-electron chi connectivity index (χ3n) is 3.26. The molecule has 1 aromatic rings. The highest BCUT2D eigenvalue weighted by Gasteiger charge is 2.16. The fraction of sp³-hybridized carbons (Fsp3) is 0.500. The Morgan fingerprint density at radius 3 is 3.00 bits per heavy atom. The maximum atomic E-state index is 12.0. The summed E-state index contributed by atoms with van der Waals surface area (Å²) in [4.78, 5) is 12.0. The van der Waals surface area contributed by atoms with E-state index in [-0.39, 0.29) is 24.4 Å². The van der Waals surface area contributed by atoms with Crippen molar-refractivity contribution in [1.82, 2.24) is 10.6 Å². The van der Waals surface area contributed by atoms with E-state index in [0.29, 0.717) is 17.2 Å². The number of nitrogens with one attached hydrogen (secondary N) is 2. The van der Waals surface area contributed by atoms with Gasteiger partial charge in [0.05, 0.1) is 13.5 Å². The summed E-state index contributed by atoms with van der Waals surface area (Å²) in [6, 6.07) is 5.55. The Morgan fingerprint density at radius 2 is 2.35 bits per heavy atom. The number of methoxy groups -OCH3 is 1. The van der Waals surface area contributed by atoms with Crippen molar-refractivity contribution in [3.8, 4) is 5.75 Å². The molecule has 1 aromatic carbocycles. The summed E-state index contributed by atoms with van der Waals surface area (Å²) in [5, 5.41) is 6.93. The number of amides is 1. The van der Waals surface area contributed by atoms with Crippen LogP contribution < -0.4 is 15.4 Å². The molecule has 1 saturated heterocycles. The van der Waals surface area contributed by atoms with Gasteiger partial charge in [-0.1, -0.05) is 11.6 Å². The van der Waals surface area contributed by atoms with Gasteiger partial charge < -0.3 is 15.4 Å². The van der Waals surface area contributed by atoms with Crippen molar-refractivity contribution in [1.29, 1.82) is 0 Å². The fourth-order valence-electron chi connectivity index (χ4n) is 2.31. The van der Waals surface area contributed by atoms with Gasteiger partial charge in [-0.15, -0.1) is 12.4 Å². The molecule has 1 atom stereocenters. The summed E-state index contributed by atoms with van der Waals surface area (Å²) in [6.07, 6.45) is 2.43. The monoisotopic (exact) mass is 318 g/mol. The molecule has 20 heavy (non-hydrogen) atoms. The van der Waals surface area contributed by atoms with Gasteiger partial charge in [0.2, 0.25) is 5.91 Å². The van der Waals surface area contributed by atoms with E-state index < -0.39 is 0 Å². The Labute approximate surface area is 130 Å². The first-order valence-corrected chi connectivity index (χ1v) is 6.89. The van der Waals surface area contributed by atoms with Crippen LogP contribution in [0.25, 0.3) is 0 Å². The van der Waals surface area contributed by atoms with Crippen molar-refractivity contribution >= 4 is 29.9 Å². The van der Waals surface area contributed by atoms with Gasteiger partial charge in [0.1, 0.15) is 5.75 Å². The zero-order valence-corrected chi connectivity index (χ0v) is 13.0. The standard InChI is InChI=1S/C14H19ClN2O2.ClH/c1-19-13-5-4-11(15)7-10(13)8-14(18)17-12-3-2-6-16-9-12;/h4-5,7,12,16H,2-3,6,8-9H2,1H3,(H,17,18);1H. The van der Waals surface area contributed by atoms with E-state index in [9.17, 15) is 4.79 Å². The number of hydrogen-bond acceptors (Lipinski definition) is 3. The lowest BCUT2D eigenvalue weighted by atomic mass is 10.1. The Hall–Kier alpha value is -0.970. The molecular weight excluding hydrogens is 299 g/mol. The Bertz CT molecular complexity index is 449. The zero-order valence-electron chi connectivity index (χ0n) is 11.4. The van der Waals surface area contributed by atoms with Crippen LogP contribution in [0.15, 0.2) is 18.2 Å². The Balaban J connectivity index is 0.00000200. The molecule has 2 N–H and O–H groups in total. The van der Waals surface area contributed by atoms with E-state index in [0.717, 1.165) is 31.5 Å². The molecule has 0 aromatic heterocycles. The van der Waals surface area contributed by atoms with Gasteiger partial charge in [0, 0.05) is 23.2 Å². The highest BCUT2D eigenvalue weighted by atomic mass is 35.5. The van der Waals surface area contributed by atoms with Gasteiger partial charge in [0.25, 0.3) is 0 Å². The third kappa shape index (κ3) is 4.85. The van der Waals surface area contributed by atoms with Crippen molar-refractivity contribution in [2.24, 2.45) is 0 Å². The number of carbonyl (C=O) groups excluding carboxylic acids is 1. The molecule has 1 amide bonds. The van der Waals surface area contributed by atoms with Crippen LogP contribution in [-0.2, 0) is 11.2 Å². The van der Waals surface area contributed by atoms with Crippen LogP contribution in [0.4, 0.5) is 0 Å². The predicted octanol–water partition coefficient (Wildman–Crippen LogP) is 2.18. The highest BCUT2D eigenvalue weighted by Crippen LogP contribution is 2.23. The molecule has 1 fully saturated rings. The number of piperidine rings is 1. The van der Waals surface area contributed by atoms with Crippen LogP contribution in [0.5, 0.6) is 5.75 Å². The minimum absolute atomic E-state index is 0. The lowest BCUT2D eigenvalue weighted by molar-refractivity contribution is -0.121. The first-order valence-electron chi connectivity index (χ1n) is 6.51. The van der Waals surface area contributed by atoms with E-state index >= 15 is 0 Å². The van der Waals surface area contributed by atoms with Crippen LogP contribution >= 0.6 is 24.0 Å². The normalized spacial score (nSPS) is 18.0. The molecule has 1 aliphatic rings. The molecular formula is C14H20Cl2N2O2. The minimum Gasteiger partial charge on any atom is -0.496 e. The topological polar surface area (TPSA) is 50.4 Å². The van der Waals surface area contributed by atoms with Crippen molar-refractivity contribution < 1.29 is 9.53 Å². The maximum absolute atomic E-state index is 12.0. The molecule has 1 unspecified atom stereocenters. The molecule has 1 aliphatic heterocycles. The van der Waals surface area contributed by atoms with E-state index in [1.165, 1.54) is 0 Å². The molecule has 0 spiro atoms. The summed E-state index contributed by atoms with van der Waals surface area (Å²) in [6.45, 7) is 1.88. The second-order valence-corrected chi connectivity index (χ2v) is 5.18. The Morgan fingerprint density at radius 1 is 1.55 bits per heavy atom. The van der Waals surface area contributed by atoms with Crippen LogP contribution in [0.3, 0.4) is 0 Å². The molecule has 6 heteroatoms. The van der Waals surface area contributed by atoms with Crippen LogP contribution in [0.1, 0.15) is 18.4 Å². The zero-order chi connectivity index (χ0) is 13.7. The van der Waals surface area contributed by atoms with Gasteiger partial charge in [-0.05, 0) is 37.6 Å². The number of ether oxygens (including phenoxy) is 1. The summed E-state index contributed by atoms with van der Waals surface area (Å²) in [5.41, 5.74) is 0.816. The molecule has 112 valence electrons. The largest absolute Gasteiger partial charge is 0.496 e. The summed E-state index contributed by atoms with van der Waals surface area (Å²) >= 11 is 5.95. The molecule has 2 rings (SSSR count). The maximum Gasteiger partial charge on any atom is 0.224 e. The van der Waals surface area contributed by atoms with Crippen molar-refractivity contribution in [3.05, 3.63) is 28.8 Å². The van der Waals surface area contributed by atoms with Gasteiger partial charge in [-0.2, -0.15) is 0 Å². The van der Waals surface area contributed by atoms with E-state index in [1.807, 2.05) is 0 Å². The second-order valence-electron chi connectivity index (χ2n) is 4.74. The molecule has 4 nitrogen and oxygen atoms in total. The fourth-order valence-corrected chi connectivity index (χ4v) is 2.51. The molecule has 0 bridgehead atoms. The lowest BCUT2D eigenvalue weighted by Gasteiger charge is -2.24. The van der Waals surface area contributed by atoms with Crippen LogP contribution in [0, 0.1) is 0 Å². The quantitative estimate of drug-likeness (QED) is 0.894. The summed E-state index contributed by atoms with van der Waals surface area (Å²) in [7, 11) is 1.59. The first kappa shape index (κ1) is 17.1. The van der Waals surface area contributed by atoms with Crippen LogP contribution in [-0.4, -0.2) is 32.1 Å². The third-order valence-corrected chi connectivity index (χ3v) is 3.49. The van der Waals surface area contributed by atoms with Crippen LogP contribution in [0.2, 0.25) is 5.02 Å². The molecule has 1 heterocycles. The van der Waals surface area contributed by atoms with Gasteiger partial charge >= 0.3 is 0 Å². The molecule has 0 radical (unpaired) electrons. The van der Waals surface area contributed by atoms with Crippen molar-refractivity contribution in [2.75, 3.05) is 20.2 Å². The number of carbonyl (C=O) groups is 1. The number of halogens is 2. The smallest absolute Gasteiger partial charge is 0.224 e. The van der Waals surface area contributed by atoms with Gasteiger partial charge in [0.15, 0.2) is 0 Å². The van der Waals surface area contributed by atoms with Crippen molar-refractivity contribution in [3.63, 3.8) is 0 Å². The second kappa shape index (κ2) is 8.35. The number of benzene rings is 1. The summed E-state index contributed by atoms with van der Waals surface area (Å²) in [5.74, 6) is 0.704. The van der Waals surface area contributed by atoms with Gasteiger partial charge in [-0.3, -0.25) is 4.79 Å². The Kier molecular flexibility index (Phi) is 7.13. The predicted molar refractivity (Wildman–Crippen MR) is 83.0 cm³/mol. The number of hydrogen-bond donors (Lipinski definition) is 2. The lowest BCUT2D eigenvalue weighted by Crippen LogP contribution is -2.46. The average molecular weight is 319 g/mol. The highest BCUT2D eigenvalue weighted by molar-refractivity contribution is 6.30. The van der Waals surface area contributed by atoms with Crippen molar-refractivity contribution in [2.45, 2.75) is 25.3 Å². The van der Waals surface area contributed by atoms with E-state index in [4.69, 9.17) is 16.3 Å². The SMILES string of the molecule is COc1ccc(Cl)cc1CC(=O)NC1CCCNC1.Cl. The first-order chi connectivity index (χ1) is 9.19. The minimum atomic E-state index is 0. The molecule has 0 aliphatic carbocycles. The molecule has 0 saturated carbocycles. The van der Waals surface area contributed by atoms with E-state index in [1.54, 1.807) is 25.3 Å².